The van der Waals surface area contributed by atoms with Crippen LogP contribution in [0.3, 0.4) is 0 Å². The van der Waals surface area contributed by atoms with Gasteiger partial charge in [0.15, 0.2) is 0 Å². The molecule has 2 amide bonds. The third kappa shape index (κ3) is 5.28. The second kappa shape index (κ2) is 10.2. The summed E-state index contributed by atoms with van der Waals surface area (Å²) < 4.78 is 39.3. The fraction of sp³-hybridized carbons (Fsp3) is 0.261. The molecule has 1 aromatic heterocycles. The van der Waals surface area contributed by atoms with Crippen molar-refractivity contribution in [3.8, 4) is 11.5 Å². The molecule has 0 spiro atoms. The molecule has 0 atom stereocenters. The van der Waals surface area contributed by atoms with E-state index in [1.54, 1.807) is 43.3 Å². The molecule has 0 aliphatic carbocycles. The number of amides is 2. The summed E-state index contributed by atoms with van der Waals surface area (Å²) in [6.45, 7) is 0.466. The van der Waals surface area contributed by atoms with E-state index < -0.39 is 15.9 Å². The van der Waals surface area contributed by atoms with Crippen LogP contribution in [0.5, 0.6) is 11.5 Å². The number of nitrogens with zero attached hydrogens (tertiary/aromatic N) is 3. The molecule has 184 valence electrons. The number of sulfonamides is 1. The average Bonchev–Trinajstić information content (AvgIpc) is 3.30. The maximum atomic E-state index is 13.0. The molecular weight excluding hydrogens is 474 g/mol. The Balaban J connectivity index is 1.52. The van der Waals surface area contributed by atoms with Crippen molar-refractivity contribution in [3.63, 3.8) is 0 Å². The van der Waals surface area contributed by atoms with E-state index in [1.807, 2.05) is 6.07 Å². The Morgan fingerprint density at radius 1 is 1.14 bits per heavy atom. The highest BCUT2D eigenvalue weighted by molar-refractivity contribution is 7.89. The maximum Gasteiger partial charge on any atom is 0.256 e. The van der Waals surface area contributed by atoms with Crippen molar-refractivity contribution in [1.29, 1.82) is 0 Å². The zero-order chi connectivity index (χ0) is 25.0. The predicted molar refractivity (Wildman–Crippen MR) is 127 cm³/mol. The van der Waals surface area contributed by atoms with Crippen LogP contribution in [0, 0.1) is 0 Å². The number of hydrogen-bond donors (Lipinski definition) is 2. The van der Waals surface area contributed by atoms with Gasteiger partial charge < -0.3 is 20.1 Å². The normalized spacial score (nSPS) is 14.3. The zero-order valence-electron chi connectivity index (χ0n) is 19.2. The van der Waals surface area contributed by atoms with Gasteiger partial charge in [0.05, 0.1) is 38.4 Å². The highest BCUT2D eigenvalue weighted by atomic mass is 32.2. The third-order valence-corrected chi connectivity index (χ3v) is 7.35. The van der Waals surface area contributed by atoms with Gasteiger partial charge in [0.25, 0.3) is 5.91 Å². The van der Waals surface area contributed by atoms with Gasteiger partial charge in [-0.3, -0.25) is 9.59 Å². The summed E-state index contributed by atoms with van der Waals surface area (Å²) in [5, 5.41) is 9.65. The van der Waals surface area contributed by atoms with E-state index in [-0.39, 0.29) is 36.0 Å². The molecule has 1 aliphatic heterocycles. The largest absolute Gasteiger partial charge is 0.497 e. The van der Waals surface area contributed by atoms with Crippen molar-refractivity contribution in [2.75, 3.05) is 39.2 Å². The van der Waals surface area contributed by atoms with Crippen LogP contribution in [-0.2, 0) is 21.4 Å². The Hall–Kier alpha value is -3.90. The molecule has 2 aromatic carbocycles. The minimum Gasteiger partial charge on any atom is -0.497 e. The molecule has 0 bridgehead atoms. The minimum atomic E-state index is -3.92. The molecule has 1 fully saturated rings. The quantitative estimate of drug-likeness (QED) is 0.478. The van der Waals surface area contributed by atoms with Gasteiger partial charge in [-0.05, 0) is 30.3 Å². The molecule has 3 aromatic rings. The summed E-state index contributed by atoms with van der Waals surface area (Å²) in [6, 6.07) is 12.8. The Morgan fingerprint density at radius 2 is 1.97 bits per heavy atom. The molecule has 2 heterocycles. The second-order valence-electron chi connectivity index (χ2n) is 7.72. The van der Waals surface area contributed by atoms with Crippen molar-refractivity contribution < 1.29 is 27.5 Å². The van der Waals surface area contributed by atoms with Crippen LogP contribution in [0.25, 0.3) is 0 Å². The summed E-state index contributed by atoms with van der Waals surface area (Å²) in [4.78, 5) is 24.5. The number of anilines is 1. The first kappa shape index (κ1) is 24.2. The second-order valence-corrected chi connectivity index (χ2v) is 9.66. The van der Waals surface area contributed by atoms with Gasteiger partial charge in [-0.15, -0.1) is 0 Å². The summed E-state index contributed by atoms with van der Waals surface area (Å²) in [5.74, 6) is 0.826. The van der Waals surface area contributed by atoms with Gasteiger partial charge in [-0.25, -0.2) is 13.1 Å². The number of rotatable bonds is 8. The fourth-order valence-corrected chi connectivity index (χ4v) is 5.11. The number of carbonyl (C=O) groups is 2. The maximum absolute atomic E-state index is 13.0. The van der Waals surface area contributed by atoms with E-state index in [2.05, 4.69) is 15.7 Å². The Kier molecular flexibility index (Phi) is 7.03. The number of nitrogens with one attached hydrogen (secondary N) is 2. The summed E-state index contributed by atoms with van der Waals surface area (Å²) in [6.07, 6.45) is 1.55. The van der Waals surface area contributed by atoms with E-state index >= 15 is 0 Å². The molecule has 11 nitrogen and oxygen atoms in total. The Labute approximate surface area is 202 Å². The lowest BCUT2D eigenvalue weighted by Crippen LogP contribution is -2.49. The van der Waals surface area contributed by atoms with E-state index in [9.17, 15) is 18.0 Å². The first-order valence-electron chi connectivity index (χ1n) is 10.7. The van der Waals surface area contributed by atoms with Gasteiger partial charge in [-0.2, -0.15) is 9.40 Å². The standard InChI is InChI=1S/C23H25N5O6S/c1-33-18-7-6-17(20(13-18)34-2)14-28-21(8-9-25-28)26-23(30)16-4-3-5-19(12-16)35(31,32)27-11-10-24-22(29)15-27/h3-9,12-13H,10-11,14-15H2,1-2H3,(H,24,29)(H,26,30). The van der Waals surface area contributed by atoms with Crippen molar-refractivity contribution in [2.45, 2.75) is 11.4 Å². The predicted octanol–water partition coefficient (Wildman–Crippen LogP) is 1.32. The fourth-order valence-electron chi connectivity index (χ4n) is 3.66. The van der Waals surface area contributed by atoms with Gasteiger partial charge in [-0.1, -0.05) is 6.07 Å². The highest BCUT2D eigenvalue weighted by Gasteiger charge is 2.29. The number of hydrogen-bond acceptors (Lipinski definition) is 7. The molecule has 0 radical (unpaired) electrons. The van der Waals surface area contributed by atoms with Gasteiger partial charge in [0.2, 0.25) is 15.9 Å². The lowest BCUT2D eigenvalue weighted by Gasteiger charge is -2.26. The Bertz CT molecular complexity index is 1350. The average molecular weight is 500 g/mol. The number of benzene rings is 2. The lowest BCUT2D eigenvalue weighted by atomic mass is 10.2. The number of ether oxygens (including phenoxy) is 2. The van der Waals surface area contributed by atoms with Gasteiger partial charge in [0, 0.05) is 36.3 Å². The molecule has 1 saturated heterocycles. The zero-order valence-corrected chi connectivity index (χ0v) is 20.0. The van der Waals surface area contributed by atoms with Crippen LogP contribution < -0.4 is 20.1 Å². The molecule has 2 N–H and O–H groups in total. The lowest BCUT2D eigenvalue weighted by molar-refractivity contribution is -0.122. The van der Waals surface area contributed by atoms with Crippen molar-refractivity contribution in [3.05, 3.63) is 65.9 Å². The van der Waals surface area contributed by atoms with Gasteiger partial charge in [0.1, 0.15) is 17.3 Å². The number of piperazine rings is 1. The van der Waals surface area contributed by atoms with Crippen molar-refractivity contribution in [1.82, 2.24) is 19.4 Å². The van der Waals surface area contributed by atoms with E-state index in [0.29, 0.717) is 23.9 Å². The third-order valence-electron chi connectivity index (χ3n) is 5.51. The summed E-state index contributed by atoms with van der Waals surface area (Å²) in [7, 11) is -0.799. The van der Waals surface area contributed by atoms with Crippen LogP contribution in [0.1, 0.15) is 15.9 Å². The van der Waals surface area contributed by atoms with E-state index in [0.717, 1.165) is 9.87 Å². The smallest absolute Gasteiger partial charge is 0.256 e. The van der Waals surface area contributed by atoms with Crippen LogP contribution in [0.4, 0.5) is 5.82 Å². The number of aromatic nitrogens is 2. The highest BCUT2D eigenvalue weighted by Crippen LogP contribution is 2.26. The molecule has 12 heteroatoms. The van der Waals surface area contributed by atoms with Gasteiger partial charge >= 0.3 is 0 Å². The van der Waals surface area contributed by atoms with E-state index in [1.165, 1.54) is 24.3 Å². The first-order valence-corrected chi connectivity index (χ1v) is 12.2. The molecule has 35 heavy (non-hydrogen) atoms. The molecule has 4 rings (SSSR count). The van der Waals surface area contributed by atoms with Crippen LogP contribution in [0.2, 0.25) is 0 Å². The van der Waals surface area contributed by atoms with Crippen molar-refractivity contribution in [2.24, 2.45) is 0 Å². The molecule has 0 saturated carbocycles. The summed E-state index contributed by atoms with van der Waals surface area (Å²) in [5.41, 5.74) is 0.980. The topological polar surface area (TPSA) is 132 Å². The Morgan fingerprint density at radius 3 is 2.71 bits per heavy atom. The molecule has 0 unspecified atom stereocenters. The minimum absolute atomic E-state index is 0.0590. The summed E-state index contributed by atoms with van der Waals surface area (Å²) >= 11 is 0. The van der Waals surface area contributed by atoms with Crippen molar-refractivity contribution >= 4 is 27.7 Å². The number of methoxy groups -OCH3 is 2. The van der Waals surface area contributed by atoms with Crippen LogP contribution in [0.15, 0.2) is 59.6 Å². The number of carbonyl (C=O) groups excluding carboxylic acids is 2. The van der Waals surface area contributed by atoms with E-state index in [4.69, 9.17) is 9.47 Å². The SMILES string of the molecule is COc1ccc(Cn2nccc2NC(=O)c2cccc(S(=O)(=O)N3CCNC(=O)C3)c2)c(OC)c1. The monoisotopic (exact) mass is 499 g/mol. The first-order chi connectivity index (χ1) is 16.8. The van der Waals surface area contributed by atoms with Crippen LogP contribution in [-0.4, -0.2) is 68.2 Å². The molecular formula is C23H25N5O6S. The molecule has 1 aliphatic rings. The van der Waals surface area contributed by atoms with Crippen LogP contribution >= 0.6 is 0 Å².